The molecule has 10 heteroatoms. The minimum Gasteiger partial charge on any atom is -0.445 e. The molecule has 2 heterocycles. The van der Waals surface area contributed by atoms with Crippen LogP contribution in [-0.2, 0) is 43.1 Å². The summed E-state index contributed by atoms with van der Waals surface area (Å²) in [7, 11) is -0.586. The fourth-order valence-electron chi connectivity index (χ4n) is 9.16. The summed E-state index contributed by atoms with van der Waals surface area (Å²) in [6, 6.07) is 25.9. The summed E-state index contributed by atoms with van der Waals surface area (Å²) in [5, 5.41) is 6.14. The number of ether oxygens (including phenoxy) is 1. The Labute approximate surface area is 308 Å². The van der Waals surface area contributed by atoms with Crippen molar-refractivity contribution in [2.45, 2.75) is 109 Å². The lowest BCUT2D eigenvalue weighted by atomic mass is 9.43. The van der Waals surface area contributed by atoms with Gasteiger partial charge in [-0.3, -0.25) is 9.59 Å². The van der Waals surface area contributed by atoms with E-state index in [9.17, 15) is 14.4 Å². The van der Waals surface area contributed by atoms with Gasteiger partial charge in [0.2, 0.25) is 11.8 Å². The van der Waals surface area contributed by atoms with E-state index in [0.29, 0.717) is 37.6 Å². The van der Waals surface area contributed by atoms with Crippen LogP contribution in [0.2, 0.25) is 0 Å². The monoisotopic (exact) mass is 705 g/mol. The van der Waals surface area contributed by atoms with Crippen LogP contribution in [0.5, 0.6) is 0 Å². The lowest BCUT2D eigenvalue weighted by molar-refractivity contribution is -0.199. The highest BCUT2D eigenvalue weighted by Crippen LogP contribution is 2.65. The fraction of sp³-hybridized carbons (Fsp3) is 0.500. The first-order valence-corrected chi connectivity index (χ1v) is 19.0. The van der Waals surface area contributed by atoms with Crippen LogP contribution in [0.1, 0.15) is 75.1 Å². The smallest absolute Gasteiger partial charge is 0.445 e. The molecule has 3 amide bonds. The van der Waals surface area contributed by atoms with Crippen LogP contribution in [0.15, 0.2) is 84.9 Å². The Kier molecular flexibility index (Phi) is 10.5. The van der Waals surface area contributed by atoms with Crippen molar-refractivity contribution in [3.8, 4) is 0 Å². The Balaban J connectivity index is 1.06. The molecule has 3 aliphatic carbocycles. The summed E-state index contributed by atoms with van der Waals surface area (Å²) in [4.78, 5) is 43.3. The van der Waals surface area contributed by atoms with Gasteiger partial charge >= 0.3 is 13.2 Å². The lowest BCUT2D eigenvalue weighted by Gasteiger charge is -2.64. The molecule has 2 aliphatic heterocycles. The Hall–Kier alpha value is -4.15. The van der Waals surface area contributed by atoms with E-state index in [1.807, 2.05) is 60.7 Å². The third kappa shape index (κ3) is 7.51. The average Bonchev–Trinajstić information content (AvgIpc) is 3.78. The molecule has 274 valence electrons. The molecular weight excluding hydrogens is 653 g/mol. The standard InChI is InChI=1S/C42H52BN3O6/c1-28-17-19-29(20-18-28)21-22-37(43-51-36-26-32-25-35(41(32,2)3)42(36,4)52-43)45-38(47)34-16-11-23-46(34)39(48)33(24-30-12-7-5-8-13-30)44-40(49)50-27-31-14-9-6-10-15-31/h5-10,12-15,17-20,32-37H,11,16,21-27H2,1-4H3,(H,44,49)(H,45,47)/t32?,33-,34-,35?,36+,37?,42-/m0/s1. The molecule has 3 saturated carbocycles. The number of carbonyl (C=O) groups excluding carboxylic acids is 3. The minimum absolute atomic E-state index is 0.0101. The SMILES string of the molecule is Cc1ccc(CCC(NC(=O)[C@@H]2CCCN2C(=O)[C@H](Cc2ccccc2)NC(=O)OCc2ccccc2)B2O[C@@H]3CC4CC(C4(C)C)[C@]3(C)O2)cc1. The third-order valence-electron chi connectivity index (χ3n) is 12.4. The first-order valence-electron chi connectivity index (χ1n) is 19.0. The number of hydrogen-bond acceptors (Lipinski definition) is 6. The normalized spacial score (nSPS) is 26.8. The van der Waals surface area contributed by atoms with Crippen LogP contribution >= 0.6 is 0 Å². The van der Waals surface area contributed by atoms with Gasteiger partial charge in [0.15, 0.2) is 0 Å². The van der Waals surface area contributed by atoms with Gasteiger partial charge in [0.05, 0.1) is 17.6 Å². The summed E-state index contributed by atoms with van der Waals surface area (Å²) in [6.45, 7) is 9.46. The molecule has 3 aromatic carbocycles. The molecule has 2 N–H and O–H groups in total. The van der Waals surface area contributed by atoms with Crippen molar-refractivity contribution >= 4 is 25.0 Å². The van der Waals surface area contributed by atoms with Crippen molar-refractivity contribution in [3.05, 3.63) is 107 Å². The van der Waals surface area contributed by atoms with Gasteiger partial charge in [-0.1, -0.05) is 104 Å². The molecular formula is C42H52BN3O6. The maximum atomic E-state index is 14.3. The summed E-state index contributed by atoms with van der Waals surface area (Å²) < 4.78 is 19.1. The lowest BCUT2D eigenvalue weighted by Crippen LogP contribution is -2.65. The van der Waals surface area contributed by atoms with Crippen molar-refractivity contribution < 1.29 is 28.4 Å². The molecule has 5 fully saturated rings. The molecule has 2 bridgehead atoms. The van der Waals surface area contributed by atoms with Gasteiger partial charge in [-0.2, -0.15) is 0 Å². The van der Waals surface area contributed by atoms with Crippen LogP contribution in [0, 0.1) is 24.2 Å². The zero-order valence-electron chi connectivity index (χ0n) is 30.9. The number of likely N-dealkylation sites (tertiary alicyclic amines) is 1. The fourth-order valence-corrected chi connectivity index (χ4v) is 9.16. The Morgan fingerprint density at radius 3 is 2.29 bits per heavy atom. The highest BCUT2D eigenvalue weighted by Gasteiger charge is 2.68. The second kappa shape index (κ2) is 15.1. The van der Waals surface area contributed by atoms with E-state index >= 15 is 0 Å². The van der Waals surface area contributed by atoms with Crippen LogP contribution < -0.4 is 10.6 Å². The quantitative estimate of drug-likeness (QED) is 0.217. The van der Waals surface area contributed by atoms with Crippen LogP contribution in [-0.4, -0.2) is 66.2 Å². The number of alkyl carbamates (subject to hydrolysis) is 1. The van der Waals surface area contributed by atoms with Crippen molar-refractivity contribution in [1.29, 1.82) is 0 Å². The molecule has 3 aromatic rings. The first-order chi connectivity index (χ1) is 25.0. The molecule has 9 nitrogen and oxygen atoms in total. The average molecular weight is 706 g/mol. The number of carbonyl (C=O) groups is 3. The molecule has 5 aliphatic rings. The van der Waals surface area contributed by atoms with Crippen molar-refractivity contribution in [2.24, 2.45) is 17.3 Å². The van der Waals surface area contributed by atoms with Crippen LogP contribution in [0.25, 0.3) is 0 Å². The minimum atomic E-state index is -0.907. The van der Waals surface area contributed by atoms with Gasteiger partial charge in [0, 0.05) is 13.0 Å². The number of amides is 3. The molecule has 2 saturated heterocycles. The second-order valence-corrected chi connectivity index (χ2v) is 16.1. The Morgan fingerprint density at radius 2 is 1.60 bits per heavy atom. The predicted molar refractivity (Wildman–Crippen MR) is 200 cm³/mol. The summed E-state index contributed by atoms with van der Waals surface area (Å²) in [6.07, 6.45) is 4.28. The van der Waals surface area contributed by atoms with Gasteiger partial charge < -0.3 is 29.6 Å². The first kappa shape index (κ1) is 36.2. The van der Waals surface area contributed by atoms with E-state index in [-0.39, 0.29) is 36.4 Å². The number of nitrogens with one attached hydrogen (secondary N) is 2. The molecule has 52 heavy (non-hydrogen) atoms. The van der Waals surface area contributed by atoms with Gasteiger partial charge in [-0.25, -0.2) is 4.79 Å². The van der Waals surface area contributed by atoms with Crippen LogP contribution in [0.3, 0.4) is 0 Å². The predicted octanol–water partition coefficient (Wildman–Crippen LogP) is 6.21. The van der Waals surface area contributed by atoms with E-state index < -0.39 is 36.8 Å². The molecule has 0 radical (unpaired) electrons. The van der Waals surface area contributed by atoms with Crippen molar-refractivity contribution in [1.82, 2.24) is 15.5 Å². The number of rotatable bonds is 12. The summed E-state index contributed by atoms with van der Waals surface area (Å²) in [5.74, 6) is 0.0912. The summed E-state index contributed by atoms with van der Waals surface area (Å²) in [5.41, 5.74) is 3.92. The molecule has 3 unspecified atom stereocenters. The van der Waals surface area contributed by atoms with Gasteiger partial charge in [0.25, 0.3) is 0 Å². The zero-order chi connectivity index (χ0) is 36.5. The third-order valence-corrected chi connectivity index (χ3v) is 12.4. The Bertz CT molecular complexity index is 1720. The molecule has 8 rings (SSSR count). The van der Waals surface area contributed by atoms with Gasteiger partial charge in [-0.15, -0.1) is 0 Å². The topological polar surface area (TPSA) is 106 Å². The van der Waals surface area contributed by atoms with E-state index in [1.54, 1.807) is 4.90 Å². The van der Waals surface area contributed by atoms with Crippen LogP contribution in [0.4, 0.5) is 4.79 Å². The zero-order valence-corrected chi connectivity index (χ0v) is 30.9. The number of nitrogens with zero attached hydrogens (tertiary/aromatic N) is 1. The number of hydrogen-bond donors (Lipinski definition) is 2. The summed E-state index contributed by atoms with van der Waals surface area (Å²) >= 11 is 0. The van der Waals surface area contributed by atoms with E-state index in [4.69, 9.17) is 14.0 Å². The van der Waals surface area contributed by atoms with E-state index in [2.05, 4.69) is 62.6 Å². The number of aryl methyl sites for hydroxylation is 2. The molecule has 0 spiro atoms. The van der Waals surface area contributed by atoms with Crippen molar-refractivity contribution in [2.75, 3.05) is 6.54 Å². The second-order valence-electron chi connectivity index (χ2n) is 16.1. The largest absolute Gasteiger partial charge is 0.481 e. The van der Waals surface area contributed by atoms with Gasteiger partial charge in [-0.05, 0) is 86.3 Å². The van der Waals surface area contributed by atoms with E-state index in [0.717, 1.165) is 30.4 Å². The van der Waals surface area contributed by atoms with Gasteiger partial charge in [0.1, 0.15) is 18.7 Å². The maximum Gasteiger partial charge on any atom is 0.481 e. The Morgan fingerprint density at radius 1 is 0.904 bits per heavy atom. The molecule has 0 aromatic heterocycles. The maximum absolute atomic E-state index is 14.3. The molecule has 7 atom stereocenters. The number of benzene rings is 3. The van der Waals surface area contributed by atoms with E-state index in [1.165, 1.54) is 11.1 Å². The van der Waals surface area contributed by atoms with Crippen molar-refractivity contribution in [3.63, 3.8) is 0 Å². The highest BCUT2D eigenvalue weighted by molar-refractivity contribution is 6.48. The highest BCUT2D eigenvalue weighted by atomic mass is 16.7.